The number of halogens is 2. The van der Waals surface area contributed by atoms with Crippen molar-refractivity contribution < 1.29 is 5.11 Å². The third-order valence-electron chi connectivity index (χ3n) is 2.81. The van der Waals surface area contributed by atoms with E-state index >= 15 is 0 Å². The summed E-state index contributed by atoms with van der Waals surface area (Å²) in [6.07, 6.45) is 5.13. The molecule has 0 saturated heterocycles. The van der Waals surface area contributed by atoms with Crippen molar-refractivity contribution in [1.29, 1.82) is 0 Å². The van der Waals surface area contributed by atoms with Crippen LogP contribution in [0.15, 0.2) is 43.2 Å². The van der Waals surface area contributed by atoms with Gasteiger partial charge in [-0.3, -0.25) is 0 Å². The molecular formula is C13H13Cl2N3O. The minimum absolute atomic E-state index is 0.197. The Morgan fingerprint density at radius 2 is 2.05 bits per heavy atom. The van der Waals surface area contributed by atoms with Gasteiger partial charge >= 0.3 is 0 Å². The lowest BCUT2D eigenvalue weighted by atomic mass is 9.90. The van der Waals surface area contributed by atoms with Crippen molar-refractivity contribution in [2.24, 2.45) is 0 Å². The maximum absolute atomic E-state index is 10.9. The monoisotopic (exact) mass is 297 g/mol. The molecule has 19 heavy (non-hydrogen) atoms. The van der Waals surface area contributed by atoms with Crippen molar-refractivity contribution in [2.75, 3.05) is 0 Å². The molecule has 1 aromatic heterocycles. The van der Waals surface area contributed by atoms with Crippen molar-refractivity contribution in [2.45, 2.75) is 18.6 Å². The molecule has 0 aliphatic rings. The Bertz CT molecular complexity index is 551. The Balaban J connectivity index is 2.46. The van der Waals surface area contributed by atoms with E-state index in [1.807, 2.05) is 0 Å². The van der Waals surface area contributed by atoms with Crippen LogP contribution in [0, 0.1) is 0 Å². The molecule has 0 bridgehead atoms. The van der Waals surface area contributed by atoms with E-state index in [4.69, 9.17) is 23.2 Å². The number of hydrogen-bond donors (Lipinski definition) is 1. The van der Waals surface area contributed by atoms with Gasteiger partial charge in [0.2, 0.25) is 0 Å². The van der Waals surface area contributed by atoms with Crippen LogP contribution in [0.1, 0.15) is 12.0 Å². The molecule has 0 amide bonds. The van der Waals surface area contributed by atoms with Crippen LogP contribution in [0.4, 0.5) is 0 Å². The van der Waals surface area contributed by atoms with E-state index in [0.717, 1.165) is 0 Å². The zero-order valence-corrected chi connectivity index (χ0v) is 11.6. The molecule has 100 valence electrons. The lowest BCUT2D eigenvalue weighted by Crippen LogP contribution is -2.32. The van der Waals surface area contributed by atoms with Gasteiger partial charge in [-0.1, -0.05) is 40.6 Å². The lowest BCUT2D eigenvalue weighted by Gasteiger charge is -2.29. The minimum atomic E-state index is -1.27. The second kappa shape index (κ2) is 5.74. The molecule has 0 spiro atoms. The van der Waals surface area contributed by atoms with Crippen LogP contribution >= 0.6 is 23.2 Å². The summed E-state index contributed by atoms with van der Waals surface area (Å²) < 4.78 is 1.53. The molecule has 4 nitrogen and oxygen atoms in total. The molecule has 0 aliphatic carbocycles. The third kappa shape index (κ3) is 2.97. The number of aliphatic hydroxyl groups is 1. The average molecular weight is 298 g/mol. The summed E-state index contributed by atoms with van der Waals surface area (Å²) in [5.41, 5.74) is -0.793. The number of benzene rings is 1. The highest BCUT2D eigenvalue weighted by Gasteiger charge is 2.33. The highest BCUT2D eigenvalue weighted by molar-refractivity contribution is 6.36. The van der Waals surface area contributed by atoms with Gasteiger partial charge < -0.3 is 5.11 Å². The first-order chi connectivity index (χ1) is 9.07. The van der Waals surface area contributed by atoms with Gasteiger partial charge in [0.15, 0.2) is 0 Å². The van der Waals surface area contributed by atoms with E-state index in [0.29, 0.717) is 22.0 Å². The van der Waals surface area contributed by atoms with Crippen molar-refractivity contribution in [3.8, 4) is 0 Å². The molecule has 2 aromatic rings. The highest BCUT2D eigenvalue weighted by Crippen LogP contribution is 2.37. The SMILES string of the molecule is C=CCC(O)(Cn1ccnn1)c1c(Cl)cccc1Cl. The fourth-order valence-corrected chi connectivity index (χ4v) is 2.76. The Hall–Kier alpha value is -1.36. The van der Waals surface area contributed by atoms with Crippen molar-refractivity contribution >= 4 is 23.2 Å². The lowest BCUT2D eigenvalue weighted by molar-refractivity contribution is 0.0176. The van der Waals surface area contributed by atoms with Gasteiger partial charge in [0, 0.05) is 21.8 Å². The van der Waals surface area contributed by atoms with Gasteiger partial charge in [-0.2, -0.15) is 0 Å². The first-order valence-electron chi connectivity index (χ1n) is 5.69. The number of nitrogens with zero attached hydrogens (tertiary/aromatic N) is 3. The maximum atomic E-state index is 10.9. The van der Waals surface area contributed by atoms with Gasteiger partial charge in [-0.15, -0.1) is 11.7 Å². The molecule has 0 saturated carbocycles. The van der Waals surface area contributed by atoms with Crippen molar-refractivity contribution in [1.82, 2.24) is 15.0 Å². The Morgan fingerprint density at radius 1 is 1.37 bits per heavy atom. The van der Waals surface area contributed by atoms with Crippen molar-refractivity contribution in [3.63, 3.8) is 0 Å². The van der Waals surface area contributed by atoms with Crippen LogP contribution in [0.3, 0.4) is 0 Å². The number of aromatic nitrogens is 3. The second-order valence-corrected chi connectivity index (χ2v) is 5.04. The number of hydrogen-bond acceptors (Lipinski definition) is 3. The summed E-state index contributed by atoms with van der Waals surface area (Å²) in [7, 11) is 0. The second-order valence-electron chi connectivity index (χ2n) is 4.22. The topological polar surface area (TPSA) is 50.9 Å². The van der Waals surface area contributed by atoms with E-state index in [9.17, 15) is 5.11 Å². The zero-order valence-electron chi connectivity index (χ0n) is 10.1. The normalized spacial score (nSPS) is 14.1. The molecule has 0 radical (unpaired) electrons. The summed E-state index contributed by atoms with van der Waals surface area (Å²) in [6.45, 7) is 3.87. The van der Waals surface area contributed by atoms with E-state index in [2.05, 4.69) is 16.9 Å². The fourth-order valence-electron chi connectivity index (χ4n) is 2.01. The van der Waals surface area contributed by atoms with Crippen LogP contribution < -0.4 is 0 Å². The van der Waals surface area contributed by atoms with Gasteiger partial charge in [-0.05, 0) is 18.6 Å². The molecule has 1 aromatic carbocycles. The summed E-state index contributed by atoms with van der Waals surface area (Å²) in [5.74, 6) is 0. The molecule has 1 heterocycles. The van der Waals surface area contributed by atoms with E-state index in [-0.39, 0.29) is 6.54 Å². The van der Waals surface area contributed by atoms with Gasteiger partial charge in [0.05, 0.1) is 12.7 Å². The van der Waals surface area contributed by atoms with Crippen molar-refractivity contribution in [3.05, 3.63) is 58.9 Å². The molecule has 0 fully saturated rings. The standard InChI is InChI=1S/C13H13Cl2N3O/c1-2-6-13(19,9-18-8-7-16-17-18)12-10(14)4-3-5-11(12)15/h2-5,7-8,19H,1,6,9H2. The predicted molar refractivity (Wildman–Crippen MR) is 75.2 cm³/mol. The van der Waals surface area contributed by atoms with Crippen LogP contribution in [-0.4, -0.2) is 20.1 Å². The molecular weight excluding hydrogens is 285 g/mol. The van der Waals surface area contributed by atoms with Crippen LogP contribution in [0.5, 0.6) is 0 Å². The average Bonchev–Trinajstić information content (AvgIpc) is 2.81. The van der Waals surface area contributed by atoms with E-state index < -0.39 is 5.60 Å². The summed E-state index contributed by atoms with van der Waals surface area (Å²) in [4.78, 5) is 0. The predicted octanol–water partition coefficient (Wildman–Crippen LogP) is 3.05. The first kappa shape index (κ1) is 14.1. The molecule has 1 atom stereocenters. The van der Waals surface area contributed by atoms with Gasteiger partial charge in [0.1, 0.15) is 5.60 Å². The molecule has 1 unspecified atom stereocenters. The summed E-state index contributed by atoms with van der Waals surface area (Å²) in [6, 6.07) is 5.12. The molecule has 2 rings (SSSR count). The zero-order chi connectivity index (χ0) is 13.9. The van der Waals surface area contributed by atoms with Crippen LogP contribution in [-0.2, 0) is 12.1 Å². The Labute approximate surface area is 121 Å². The Morgan fingerprint density at radius 3 is 2.58 bits per heavy atom. The molecule has 6 heteroatoms. The summed E-state index contributed by atoms with van der Waals surface area (Å²) >= 11 is 12.3. The van der Waals surface area contributed by atoms with Gasteiger partial charge in [0.25, 0.3) is 0 Å². The Kier molecular flexibility index (Phi) is 4.24. The molecule has 1 N–H and O–H groups in total. The maximum Gasteiger partial charge on any atom is 0.115 e. The largest absolute Gasteiger partial charge is 0.383 e. The van der Waals surface area contributed by atoms with E-state index in [1.54, 1.807) is 36.7 Å². The van der Waals surface area contributed by atoms with Crippen LogP contribution in [0.2, 0.25) is 10.0 Å². The summed E-state index contributed by atoms with van der Waals surface area (Å²) in [5, 5.41) is 19.3. The highest BCUT2D eigenvalue weighted by atomic mass is 35.5. The third-order valence-corrected chi connectivity index (χ3v) is 3.44. The van der Waals surface area contributed by atoms with E-state index in [1.165, 1.54) is 4.68 Å². The number of rotatable bonds is 5. The molecule has 0 aliphatic heterocycles. The fraction of sp³-hybridized carbons (Fsp3) is 0.231. The smallest absolute Gasteiger partial charge is 0.115 e. The minimum Gasteiger partial charge on any atom is -0.383 e. The first-order valence-corrected chi connectivity index (χ1v) is 6.44. The van der Waals surface area contributed by atoms with Crippen LogP contribution in [0.25, 0.3) is 0 Å². The quantitative estimate of drug-likeness (QED) is 0.863. The van der Waals surface area contributed by atoms with Gasteiger partial charge in [-0.25, -0.2) is 4.68 Å².